The summed E-state index contributed by atoms with van der Waals surface area (Å²) in [4.78, 5) is 36.7. The van der Waals surface area contributed by atoms with Crippen molar-refractivity contribution in [2.75, 3.05) is 10.3 Å². The molecule has 1 aromatic carbocycles. The molecule has 6 heteroatoms. The van der Waals surface area contributed by atoms with Gasteiger partial charge in [-0.05, 0) is 31.0 Å². The van der Waals surface area contributed by atoms with Crippen LogP contribution in [-0.4, -0.2) is 22.9 Å². The molecule has 1 atom stereocenters. The lowest BCUT2D eigenvalue weighted by Crippen LogP contribution is -2.50. The Hall–Kier alpha value is -2.37. The van der Waals surface area contributed by atoms with E-state index < -0.39 is 17.9 Å². The van der Waals surface area contributed by atoms with E-state index in [9.17, 15) is 14.4 Å². The molecular formula is C14H15N3O3. The molecule has 0 spiro atoms. The number of benzene rings is 1. The zero-order valence-corrected chi connectivity index (χ0v) is 11.3. The predicted octanol–water partition coefficient (Wildman–Crippen LogP) is 2.05. The molecule has 104 valence electrons. The van der Waals surface area contributed by atoms with Crippen LogP contribution in [0.15, 0.2) is 18.2 Å². The summed E-state index contributed by atoms with van der Waals surface area (Å²) in [5, 5.41) is 4.78. The number of carbonyl (C=O) groups is 3. The van der Waals surface area contributed by atoms with E-state index in [0.717, 1.165) is 10.6 Å². The van der Waals surface area contributed by atoms with Gasteiger partial charge < -0.3 is 5.32 Å². The number of nitrogens with zero attached hydrogens (tertiary/aromatic N) is 2. The van der Waals surface area contributed by atoms with Crippen molar-refractivity contribution >= 4 is 29.2 Å². The van der Waals surface area contributed by atoms with Crippen LogP contribution in [0, 0.1) is 12.8 Å². The van der Waals surface area contributed by atoms with Crippen LogP contribution >= 0.6 is 0 Å². The minimum absolute atomic E-state index is 0.321. The van der Waals surface area contributed by atoms with Crippen molar-refractivity contribution in [3.63, 3.8) is 0 Å². The van der Waals surface area contributed by atoms with Gasteiger partial charge in [-0.15, -0.1) is 0 Å². The number of carbonyl (C=O) groups excluding carboxylic acids is 3. The van der Waals surface area contributed by atoms with Gasteiger partial charge in [0.05, 0.1) is 11.4 Å². The van der Waals surface area contributed by atoms with Gasteiger partial charge >= 0.3 is 6.03 Å². The molecule has 2 heterocycles. The predicted molar refractivity (Wildman–Crippen MR) is 72.9 cm³/mol. The highest BCUT2D eigenvalue weighted by Gasteiger charge is 2.51. The molecule has 1 N–H and O–H groups in total. The molecule has 2 aliphatic heterocycles. The molecule has 1 fully saturated rings. The maximum Gasteiger partial charge on any atom is 0.348 e. The van der Waals surface area contributed by atoms with Crippen LogP contribution in [0.4, 0.5) is 16.2 Å². The Labute approximate surface area is 116 Å². The van der Waals surface area contributed by atoms with Crippen molar-refractivity contribution in [2.45, 2.75) is 26.7 Å². The number of aryl methyl sites for hydroxylation is 1. The zero-order chi connectivity index (χ0) is 14.4. The van der Waals surface area contributed by atoms with Gasteiger partial charge in [-0.3, -0.25) is 9.59 Å². The number of anilines is 2. The van der Waals surface area contributed by atoms with Crippen LogP contribution in [0.5, 0.6) is 0 Å². The van der Waals surface area contributed by atoms with Crippen molar-refractivity contribution in [1.82, 2.24) is 5.01 Å². The SMILES string of the molecule is CCCC1C(=O)N2C(=O)Nc3ccc(C)cc3N2C1=O. The molecular weight excluding hydrogens is 258 g/mol. The third kappa shape index (κ3) is 1.61. The summed E-state index contributed by atoms with van der Waals surface area (Å²) < 4.78 is 0. The standard InChI is InChI=1S/C14H15N3O3/c1-3-4-9-12(18)16-11-7-8(2)5-6-10(11)15-14(20)17(16)13(9)19/h5-7,9H,3-4H2,1-2H3,(H,15,20). The lowest BCUT2D eigenvalue weighted by Gasteiger charge is -2.32. The van der Waals surface area contributed by atoms with Crippen molar-refractivity contribution in [3.8, 4) is 0 Å². The summed E-state index contributed by atoms with van der Waals surface area (Å²) in [5.74, 6) is -1.52. The normalized spacial score (nSPS) is 20.9. The Balaban J connectivity index is 2.11. The Morgan fingerprint density at radius 1 is 1.15 bits per heavy atom. The molecule has 4 amide bonds. The second kappa shape index (κ2) is 4.33. The first-order valence-electron chi connectivity index (χ1n) is 6.64. The van der Waals surface area contributed by atoms with Gasteiger partial charge in [0.2, 0.25) is 0 Å². The molecule has 3 rings (SSSR count). The first-order chi connectivity index (χ1) is 9.54. The summed E-state index contributed by atoms with van der Waals surface area (Å²) >= 11 is 0. The van der Waals surface area contributed by atoms with Gasteiger partial charge in [-0.2, -0.15) is 5.01 Å². The summed E-state index contributed by atoms with van der Waals surface area (Å²) in [7, 11) is 0. The average Bonchev–Trinajstić information content (AvgIpc) is 2.66. The van der Waals surface area contributed by atoms with E-state index in [0.29, 0.717) is 24.2 Å². The number of hydrogen-bond acceptors (Lipinski definition) is 3. The zero-order valence-electron chi connectivity index (χ0n) is 11.3. The molecule has 1 saturated heterocycles. The van der Waals surface area contributed by atoms with E-state index in [2.05, 4.69) is 5.32 Å². The largest absolute Gasteiger partial charge is 0.348 e. The van der Waals surface area contributed by atoms with Crippen LogP contribution in [-0.2, 0) is 9.59 Å². The van der Waals surface area contributed by atoms with Gasteiger partial charge in [0.25, 0.3) is 11.8 Å². The van der Waals surface area contributed by atoms with E-state index in [-0.39, 0.29) is 5.91 Å². The molecule has 2 aliphatic rings. The first-order valence-corrected chi connectivity index (χ1v) is 6.64. The molecule has 6 nitrogen and oxygen atoms in total. The van der Waals surface area contributed by atoms with Crippen LogP contribution < -0.4 is 10.3 Å². The monoisotopic (exact) mass is 273 g/mol. The third-order valence-electron chi connectivity index (χ3n) is 3.61. The molecule has 0 bridgehead atoms. The highest BCUT2D eigenvalue weighted by Crippen LogP contribution is 2.38. The number of nitrogens with one attached hydrogen (secondary N) is 1. The second-order valence-corrected chi connectivity index (χ2v) is 5.09. The summed E-state index contributed by atoms with van der Waals surface area (Å²) in [6.07, 6.45) is 1.17. The van der Waals surface area contributed by atoms with Crippen LogP contribution in [0.1, 0.15) is 25.3 Å². The Kier molecular flexibility index (Phi) is 2.74. The quantitative estimate of drug-likeness (QED) is 0.838. The number of hydrogen-bond donors (Lipinski definition) is 1. The smallest absolute Gasteiger partial charge is 0.304 e. The molecule has 1 unspecified atom stereocenters. The van der Waals surface area contributed by atoms with Crippen LogP contribution in [0.25, 0.3) is 0 Å². The lowest BCUT2D eigenvalue weighted by molar-refractivity contribution is -0.130. The van der Waals surface area contributed by atoms with Crippen LogP contribution in [0.2, 0.25) is 0 Å². The summed E-state index contributed by atoms with van der Waals surface area (Å²) in [5.41, 5.74) is 2.07. The van der Waals surface area contributed by atoms with Gasteiger partial charge in [0, 0.05) is 0 Å². The van der Waals surface area contributed by atoms with Crippen molar-refractivity contribution in [3.05, 3.63) is 23.8 Å². The molecule has 20 heavy (non-hydrogen) atoms. The fourth-order valence-corrected chi connectivity index (χ4v) is 2.64. The Morgan fingerprint density at radius 3 is 2.55 bits per heavy atom. The van der Waals surface area contributed by atoms with E-state index in [1.807, 2.05) is 19.9 Å². The summed E-state index contributed by atoms with van der Waals surface area (Å²) in [6.45, 7) is 3.80. The molecule has 0 aliphatic carbocycles. The minimum atomic E-state index is -0.753. The number of imide groups is 1. The topological polar surface area (TPSA) is 69.7 Å². The van der Waals surface area contributed by atoms with Gasteiger partial charge in [0.1, 0.15) is 5.92 Å². The van der Waals surface area contributed by atoms with Crippen molar-refractivity contribution in [1.29, 1.82) is 0 Å². The molecule has 0 saturated carbocycles. The summed E-state index contributed by atoms with van der Waals surface area (Å²) in [6, 6.07) is 4.81. The minimum Gasteiger partial charge on any atom is -0.304 e. The van der Waals surface area contributed by atoms with E-state index in [4.69, 9.17) is 0 Å². The molecule has 1 aromatic rings. The highest BCUT2D eigenvalue weighted by molar-refractivity contribution is 6.24. The number of hydrazine groups is 1. The van der Waals surface area contributed by atoms with Crippen molar-refractivity contribution < 1.29 is 14.4 Å². The van der Waals surface area contributed by atoms with Crippen LogP contribution in [0.3, 0.4) is 0 Å². The maximum atomic E-state index is 12.4. The number of fused-ring (bicyclic) bond motifs is 3. The number of rotatable bonds is 2. The highest BCUT2D eigenvalue weighted by atomic mass is 16.2. The second-order valence-electron chi connectivity index (χ2n) is 5.09. The van der Waals surface area contributed by atoms with Crippen molar-refractivity contribution in [2.24, 2.45) is 5.92 Å². The van der Waals surface area contributed by atoms with Gasteiger partial charge in [-0.25, -0.2) is 9.80 Å². The van der Waals surface area contributed by atoms with Gasteiger partial charge in [-0.1, -0.05) is 19.4 Å². The third-order valence-corrected chi connectivity index (χ3v) is 3.61. The van der Waals surface area contributed by atoms with E-state index in [1.54, 1.807) is 12.1 Å². The molecule has 0 radical (unpaired) electrons. The number of amides is 4. The number of urea groups is 1. The van der Waals surface area contributed by atoms with E-state index >= 15 is 0 Å². The fourth-order valence-electron chi connectivity index (χ4n) is 2.64. The average molecular weight is 273 g/mol. The maximum absolute atomic E-state index is 12.4. The van der Waals surface area contributed by atoms with Gasteiger partial charge in [0.15, 0.2) is 0 Å². The Morgan fingerprint density at radius 2 is 1.85 bits per heavy atom. The fraction of sp³-hybridized carbons (Fsp3) is 0.357. The first kappa shape index (κ1) is 12.7. The molecule has 0 aromatic heterocycles. The Bertz CT molecular complexity index is 626. The lowest BCUT2D eigenvalue weighted by atomic mass is 10.0. The van der Waals surface area contributed by atoms with E-state index in [1.165, 1.54) is 5.01 Å².